The Kier molecular flexibility index (Phi) is 5.43. The lowest BCUT2D eigenvalue weighted by Gasteiger charge is -2.36. The first-order valence-corrected chi connectivity index (χ1v) is 4.22. The van der Waals surface area contributed by atoms with Gasteiger partial charge in [0.25, 0.3) is 0 Å². The molecule has 0 heterocycles. The van der Waals surface area contributed by atoms with Crippen LogP contribution in [0.1, 0.15) is 6.92 Å². The topological polar surface area (TPSA) is 101 Å². The van der Waals surface area contributed by atoms with Crippen molar-refractivity contribution in [3.8, 4) is 0 Å². The van der Waals surface area contributed by atoms with E-state index < -0.39 is 37.3 Å². The maximum absolute atomic E-state index is 9.82. The van der Waals surface area contributed by atoms with E-state index in [1.807, 2.05) is 0 Å². The van der Waals surface area contributed by atoms with Gasteiger partial charge in [0.1, 0.15) is 0 Å². The van der Waals surface area contributed by atoms with Gasteiger partial charge in [-0.15, -0.1) is 0 Å². The summed E-state index contributed by atoms with van der Waals surface area (Å²) in [5.74, 6) is -1.43. The predicted molar refractivity (Wildman–Crippen MR) is 45.9 cm³/mol. The van der Waals surface area contributed by atoms with Crippen LogP contribution in [0.2, 0.25) is 0 Å². The van der Waals surface area contributed by atoms with Gasteiger partial charge in [0.15, 0.2) is 0 Å². The molecule has 0 fully saturated rings. The Morgan fingerprint density at radius 2 is 1.46 bits per heavy atom. The second-order valence-corrected chi connectivity index (χ2v) is 3.30. The SMILES string of the molecule is CC(CO)C(O)(CO)C(CO)CO. The van der Waals surface area contributed by atoms with Crippen molar-refractivity contribution >= 4 is 0 Å². The molecule has 0 rings (SSSR count). The van der Waals surface area contributed by atoms with Crippen molar-refractivity contribution in [2.75, 3.05) is 26.4 Å². The van der Waals surface area contributed by atoms with E-state index in [9.17, 15) is 5.11 Å². The second-order valence-electron chi connectivity index (χ2n) is 3.30. The molecule has 0 aromatic carbocycles. The van der Waals surface area contributed by atoms with E-state index in [2.05, 4.69) is 0 Å². The minimum atomic E-state index is -1.63. The van der Waals surface area contributed by atoms with Gasteiger partial charge in [0.05, 0.1) is 25.4 Å². The summed E-state index contributed by atoms with van der Waals surface area (Å²) < 4.78 is 0. The molecule has 2 atom stereocenters. The lowest BCUT2D eigenvalue weighted by atomic mass is 9.79. The van der Waals surface area contributed by atoms with Gasteiger partial charge >= 0.3 is 0 Å². The van der Waals surface area contributed by atoms with Crippen molar-refractivity contribution in [3.63, 3.8) is 0 Å². The molecule has 0 aliphatic carbocycles. The van der Waals surface area contributed by atoms with Gasteiger partial charge in [-0.05, 0) is 0 Å². The largest absolute Gasteiger partial charge is 0.396 e. The second kappa shape index (κ2) is 5.51. The maximum Gasteiger partial charge on any atom is 0.0996 e. The molecule has 0 aromatic heterocycles. The summed E-state index contributed by atoms with van der Waals surface area (Å²) in [6.45, 7) is -0.238. The van der Waals surface area contributed by atoms with Crippen LogP contribution < -0.4 is 0 Å². The first-order valence-electron chi connectivity index (χ1n) is 4.22. The number of hydrogen-bond donors (Lipinski definition) is 5. The average molecular weight is 194 g/mol. The Morgan fingerprint density at radius 1 is 1.00 bits per heavy atom. The highest BCUT2D eigenvalue weighted by Crippen LogP contribution is 2.25. The fourth-order valence-corrected chi connectivity index (χ4v) is 1.22. The van der Waals surface area contributed by atoms with Crippen LogP contribution in [0.3, 0.4) is 0 Å². The van der Waals surface area contributed by atoms with Crippen LogP contribution in [0.15, 0.2) is 0 Å². The first kappa shape index (κ1) is 12.8. The molecule has 5 N–H and O–H groups in total. The molecule has 0 saturated carbocycles. The molecule has 5 heteroatoms. The summed E-state index contributed by atoms with van der Waals surface area (Å²) in [6, 6.07) is 0. The van der Waals surface area contributed by atoms with Crippen LogP contribution in [0.4, 0.5) is 0 Å². The van der Waals surface area contributed by atoms with Crippen LogP contribution in [-0.4, -0.2) is 57.6 Å². The minimum absolute atomic E-state index is 0.312. The van der Waals surface area contributed by atoms with Gasteiger partial charge in [-0.1, -0.05) is 6.92 Å². The Morgan fingerprint density at radius 3 is 1.69 bits per heavy atom. The summed E-state index contributed by atoms with van der Waals surface area (Å²) in [4.78, 5) is 0. The summed E-state index contributed by atoms with van der Waals surface area (Å²) in [7, 11) is 0. The summed E-state index contributed by atoms with van der Waals surface area (Å²) in [6.07, 6.45) is 0. The van der Waals surface area contributed by atoms with Gasteiger partial charge in [-0.2, -0.15) is 0 Å². The highest BCUT2D eigenvalue weighted by Gasteiger charge is 2.40. The van der Waals surface area contributed by atoms with Crippen molar-refractivity contribution < 1.29 is 25.5 Å². The number of rotatable bonds is 6. The lowest BCUT2D eigenvalue weighted by molar-refractivity contribution is -0.134. The van der Waals surface area contributed by atoms with Crippen LogP contribution in [-0.2, 0) is 0 Å². The van der Waals surface area contributed by atoms with Gasteiger partial charge in [0.2, 0.25) is 0 Å². The number of aliphatic hydroxyl groups excluding tert-OH is 4. The normalized spacial score (nSPS) is 18.7. The molecule has 0 radical (unpaired) electrons. The van der Waals surface area contributed by atoms with E-state index >= 15 is 0 Å². The smallest absolute Gasteiger partial charge is 0.0996 e. The lowest BCUT2D eigenvalue weighted by Crippen LogP contribution is -2.51. The summed E-state index contributed by atoms with van der Waals surface area (Å²) in [5.41, 5.74) is -1.63. The van der Waals surface area contributed by atoms with Crippen molar-refractivity contribution in [1.29, 1.82) is 0 Å². The highest BCUT2D eigenvalue weighted by molar-refractivity contribution is 4.89. The molecule has 0 aromatic rings. The molecule has 0 bridgehead atoms. The molecule has 5 nitrogen and oxygen atoms in total. The molecule has 2 unspecified atom stereocenters. The number of aliphatic hydroxyl groups is 5. The van der Waals surface area contributed by atoms with Gasteiger partial charge in [-0.25, -0.2) is 0 Å². The third kappa shape index (κ3) is 2.62. The zero-order valence-electron chi connectivity index (χ0n) is 7.72. The highest BCUT2D eigenvalue weighted by atomic mass is 16.3. The van der Waals surface area contributed by atoms with Gasteiger partial charge in [0, 0.05) is 18.4 Å². The summed E-state index contributed by atoms with van der Waals surface area (Å²) in [5, 5.41) is 45.2. The van der Waals surface area contributed by atoms with Crippen LogP contribution in [0.5, 0.6) is 0 Å². The van der Waals surface area contributed by atoms with Gasteiger partial charge in [-0.3, -0.25) is 0 Å². The third-order valence-electron chi connectivity index (χ3n) is 2.53. The molecular weight excluding hydrogens is 176 g/mol. The van der Waals surface area contributed by atoms with Crippen molar-refractivity contribution in [3.05, 3.63) is 0 Å². The maximum atomic E-state index is 9.82. The van der Waals surface area contributed by atoms with Crippen molar-refractivity contribution in [2.24, 2.45) is 11.8 Å². The van der Waals surface area contributed by atoms with Crippen molar-refractivity contribution in [1.82, 2.24) is 0 Å². The van der Waals surface area contributed by atoms with E-state index in [1.54, 1.807) is 0 Å². The zero-order valence-corrected chi connectivity index (χ0v) is 7.72. The summed E-state index contributed by atoms with van der Waals surface area (Å²) >= 11 is 0. The molecule has 13 heavy (non-hydrogen) atoms. The van der Waals surface area contributed by atoms with Crippen LogP contribution in [0.25, 0.3) is 0 Å². The predicted octanol–water partition coefficient (Wildman–Crippen LogP) is -2.06. The van der Waals surface area contributed by atoms with Crippen molar-refractivity contribution in [2.45, 2.75) is 12.5 Å². The average Bonchev–Trinajstić information content (AvgIpc) is 2.17. The van der Waals surface area contributed by atoms with E-state index in [-0.39, 0.29) is 6.61 Å². The van der Waals surface area contributed by atoms with E-state index in [1.165, 1.54) is 6.92 Å². The minimum Gasteiger partial charge on any atom is -0.396 e. The first-order chi connectivity index (χ1) is 6.06. The van der Waals surface area contributed by atoms with E-state index in [4.69, 9.17) is 20.4 Å². The number of hydrogen-bond acceptors (Lipinski definition) is 5. The van der Waals surface area contributed by atoms with E-state index in [0.29, 0.717) is 0 Å². The molecule has 0 aliphatic rings. The fourth-order valence-electron chi connectivity index (χ4n) is 1.22. The van der Waals surface area contributed by atoms with Gasteiger partial charge < -0.3 is 25.5 Å². The van der Waals surface area contributed by atoms with E-state index in [0.717, 1.165) is 0 Å². The Labute approximate surface area is 77.3 Å². The Balaban J connectivity index is 4.57. The molecular formula is C8H18O5. The van der Waals surface area contributed by atoms with Crippen LogP contribution in [0, 0.1) is 11.8 Å². The third-order valence-corrected chi connectivity index (χ3v) is 2.53. The zero-order chi connectivity index (χ0) is 10.5. The molecule has 0 saturated heterocycles. The molecule has 0 aliphatic heterocycles. The molecule has 80 valence electrons. The Hall–Kier alpha value is -0.200. The Bertz CT molecular complexity index is 136. The fraction of sp³-hybridized carbons (Fsp3) is 1.00. The molecule has 0 amide bonds. The standard InChI is InChI=1S/C8H18O5/c1-6(2-9)8(13,5-12)7(3-10)4-11/h6-7,9-13H,2-5H2,1H3. The molecule has 0 spiro atoms. The van der Waals surface area contributed by atoms with Crippen LogP contribution >= 0.6 is 0 Å². The quantitative estimate of drug-likeness (QED) is 0.335. The monoisotopic (exact) mass is 194 g/mol.